The fourth-order valence-corrected chi connectivity index (χ4v) is 3.68. The van der Waals surface area contributed by atoms with Gasteiger partial charge in [0.15, 0.2) is 0 Å². The number of nitrogens with two attached hydrogens (primary N) is 1. The topological polar surface area (TPSA) is 58.7 Å². The van der Waals surface area contributed by atoms with Crippen molar-refractivity contribution in [3.05, 3.63) is 109 Å². The zero-order chi connectivity index (χ0) is 21.4. The van der Waals surface area contributed by atoms with E-state index in [-0.39, 0.29) is 6.04 Å². The molecule has 0 aromatic rings. The molecule has 1 aliphatic carbocycles. The van der Waals surface area contributed by atoms with Gasteiger partial charge in [0.1, 0.15) is 5.04 Å². The molecule has 0 aromatic heterocycles. The predicted molar refractivity (Wildman–Crippen MR) is 126 cm³/mol. The second kappa shape index (κ2) is 10.5. The summed E-state index contributed by atoms with van der Waals surface area (Å²) in [6, 6.07) is -0.0106. The van der Waals surface area contributed by atoms with Crippen molar-refractivity contribution < 1.29 is 4.79 Å². The first-order chi connectivity index (χ1) is 14.0. The minimum absolute atomic E-state index is 0.0106. The molecule has 0 fully saturated rings. The maximum absolute atomic E-state index is 11.6. The molecule has 1 heterocycles. The molecule has 1 aliphatic heterocycles. The molecule has 0 saturated carbocycles. The lowest BCUT2D eigenvalue weighted by atomic mass is 10.0. The lowest BCUT2D eigenvalue weighted by Gasteiger charge is -2.22. The molecule has 2 N–H and O–H groups in total. The van der Waals surface area contributed by atoms with Crippen LogP contribution in [0.1, 0.15) is 6.92 Å². The third-order valence-electron chi connectivity index (χ3n) is 4.52. The van der Waals surface area contributed by atoms with Crippen molar-refractivity contribution in [3.8, 4) is 0 Å². The normalized spacial score (nSPS) is 19.3. The van der Waals surface area contributed by atoms with Gasteiger partial charge in [-0.05, 0) is 30.4 Å². The molecule has 1 amide bonds. The van der Waals surface area contributed by atoms with Crippen LogP contribution < -0.4 is 5.73 Å². The van der Waals surface area contributed by atoms with Gasteiger partial charge in [-0.15, -0.1) is 18.3 Å². The van der Waals surface area contributed by atoms with E-state index in [9.17, 15) is 4.79 Å². The SMILES string of the molecule is C=C/C=C\C(=C/C)C(=C)N=C(SC)C1=CN(CC=C)C2C=CC(C(N)=O)=CC=C12. The minimum atomic E-state index is -0.447. The first-order valence-corrected chi connectivity index (χ1v) is 10.5. The highest BCUT2D eigenvalue weighted by Crippen LogP contribution is 2.34. The number of hydrogen-bond acceptors (Lipinski definition) is 4. The molecular formula is C24H27N3OS. The van der Waals surface area contributed by atoms with Crippen molar-refractivity contribution in [2.24, 2.45) is 10.7 Å². The molecule has 2 rings (SSSR count). The number of amides is 1. The summed E-state index contributed by atoms with van der Waals surface area (Å²) in [6.45, 7) is 14.3. The van der Waals surface area contributed by atoms with Crippen LogP contribution in [-0.2, 0) is 4.79 Å². The van der Waals surface area contributed by atoms with Crippen LogP contribution >= 0.6 is 11.8 Å². The van der Waals surface area contributed by atoms with E-state index < -0.39 is 5.91 Å². The summed E-state index contributed by atoms with van der Waals surface area (Å²) >= 11 is 1.56. The summed E-state index contributed by atoms with van der Waals surface area (Å²) in [4.78, 5) is 18.6. The standard InChI is InChI=1S/C24H27N3OS/c1-6-9-10-18(8-3)17(4)26-24(29-5)21-16-27(15-7-2)22-14-12-19(23(25)28)11-13-20(21)22/h6-14,16,22H,1-2,4,15H2,3,5H3,(H2,25,28)/b10-9-,18-8+,26-24?. The predicted octanol–water partition coefficient (Wildman–Crippen LogP) is 4.61. The molecular weight excluding hydrogens is 378 g/mol. The molecule has 2 aliphatic rings. The van der Waals surface area contributed by atoms with Gasteiger partial charge in [0.2, 0.25) is 5.91 Å². The number of rotatable bonds is 8. The first kappa shape index (κ1) is 22.2. The average molecular weight is 406 g/mol. The molecule has 1 unspecified atom stereocenters. The van der Waals surface area contributed by atoms with Gasteiger partial charge in [0.25, 0.3) is 0 Å². The van der Waals surface area contributed by atoms with Gasteiger partial charge in [-0.3, -0.25) is 4.79 Å². The van der Waals surface area contributed by atoms with E-state index >= 15 is 0 Å². The summed E-state index contributed by atoms with van der Waals surface area (Å²) in [5.74, 6) is -0.447. The first-order valence-electron chi connectivity index (χ1n) is 9.23. The summed E-state index contributed by atoms with van der Waals surface area (Å²) in [7, 11) is 0. The Morgan fingerprint density at radius 3 is 2.72 bits per heavy atom. The molecule has 0 radical (unpaired) electrons. The number of thioether (sulfide) groups is 1. The van der Waals surface area contributed by atoms with E-state index in [2.05, 4.69) is 30.8 Å². The molecule has 150 valence electrons. The number of allylic oxidation sites excluding steroid dienone is 6. The van der Waals surface area contributed by atoms with Gasteiger partial charge in [-0.25, -0.2) is 4.99 Å². The zero-order valence-corrected chi connectivity index (χ0v) is 17.8. The van der Waals surface area contributed by atoms with Crippen LogP contribution in [0.5, 0.6) is 0 Å². The van der Waals surface area contributed by atoms with E-state index in [0.717, 1.165) is 21.8 Å². The molecule has 1 atom stereocenters. The molecule has 0 aromatic carbocycles. The van der Waals surface area contributed by atoms with Crippen LogP contribution in [0.25, 0.3) is 0 Å². The summed E-state index contributed by atoms with van der Waals surface area (Å²) in [6.07, 6.45) is 20.9. The Labute approximate surface area is 177 Å². The molecule has 0 bridgehead atoms. The lowest BCUT2D eigenvalue weighted by Crippen LogP contribution is -2.26. The average Bonchev–Trinajstić information content (AvgIpc) is 2.89. The Hall–Kier alpha value is -3.05. The van der Waals surface area contributed by atoms with Crippen LogP contribution in [0.3, 0.4) is 0 Å². The summed E-state index contributed by atoms with van der Waals surface area (Å²) in [5, 5.41) is 0.855. The van der Waals surface area contributed by atoms with Gasteiger partial charge in [0.05, 0.1) is 11.7 Å². The Balaban J connectivity index is 2.49. The highest BCUT2D eigenvalue weighted by molar-refractivity contribution is 8.13. The van der Waals surface area contributed by atoms with Crippen LogP contribution in [-0.4, -0.2) is 34.7 Å². The summed E-state index contributed by atoms with van der Waals surface area (Å²) < 4.78 is 0. The molecule has 0 spiro atoms. The molecule has 0 saturated heterocycles. The Kier molecular flexibility index (Phi) is 8.04. The number of fused-ring (bicyclic) bond motifs is 1. The second-order valence-electron chi connectivity index (χ2n) is 6.35. The monoisotopic (exact) mass is 405 g/mol. The fraction of sp³-hybridized carbons (Fsp3) is 0.167. The Morgan fingerprint density at radius 1 is 1.38 bits per heavy atom. The van der Waals surface area contributed by atoms with Crippen molar-refractivity contribution in [2.45, 2.75) is 13.0 Å². The molecule has 4 nitrogen and oxygen atoms in total. The second-order valence-corrected chi connectivity index (χ2v) is 7.14. The van der Waals surface area contributed by atoms with Crippen molar-refractivity contribution in [1.29, 1.82) is 0 Å². The van der Waals surface area contributed by atoms with Crippen molar-refractivity contribution in [2.75, 3.05) is 12.8 Å². The van der Waals surface area contributed by atoms with Crippen molar-refractivity contribution in [1.82, 2.24) is 4.90 Å². The number of aliphatic imine (C=N–C) groups is 1. The number of primary amides is 1. The minimum Gasteiger partial charge on any atom is -0.366 e. The third-order valence-corrected chi connectivity index (χ3v) is 5.22. The Bertz CT molecular complexity index is 926. The van der Waals surface area contributed by atoms with E-state index in [0.29, 0.717) is 17.8 Å². The van der Waals surface area contributed by atoms with Gasteiger partial charge in [-0.2, -0.15) is 0 Å². The van der Waals surface area contributed by atoms with Crippen molar-refractivity contribution in [3.63, 3.8) is 0 Å². The number of hydrogen-bond donors (Lipinski definition) is 1. The van der Waals surface area contributed by atoms with Crippen molar-refractivity contribution >= 4 is 22.7 Å². The number of nitrogens with zero attached hydrogens (tertiary/aromatic N) is 2. The maximum atomic E-state index is 11.6. The quantitative estimate of drug-likeness (QED) is 0.278. The van der Waals surface area contributed by atoms with E-state index in [1.165, 1.54) is 0 Å². The third kappa shape index (κ3) is 5.27. The number of carbonyl (C=O) groups excluding carboxylic acids is 1. The lowest BCUT2D eigenvalue weighted by molar-refractivity contribution is -0.114. The van der Waals surface area contributed by atoms with Crippen LogP contribution in [0, 0.1) is 0 Å². The van der Waals surface area contributed by atoms with Crippen LogP contribution in [0.2, 0.25) is 0 Å². The maximum Gasteiger partial charge on any atom is 0.248 e. The highest BCUT2D eigenvalue weighted by atomic mass is 32.2. The molecule has 5 heteroatoms. The largest absolute Gasteiger partial charge is 0.366 e. The molecule has 29 heavy (non-hydrogen) atoms. The van der Waals surface area contributed by atoms with Gasteiger partial charge >= 0.3 is 0 Å². The Morgan fingerprint density at radius 2 is 2.14 bits per heavy atom. The van der Waals surface area contributed by atoms with E-state index in [1.807, 2.05) is 49.6 Å². The zero-order valence-electron chi connectivity index (χ0n) is 17.0. The van der Waals surface area contributed by atoms with Gasteiger partial charge < -0.3 is 10.6 Å². The van der Waals surface area contributed by atoms with Crippen LogP contribution in [0.4, 0.5) is 0 Å². The van der Waals surface area contributed by atoms with E-state index in [1.54, 1.807) is 30.0 Å². The fourth-order valence-electron chi connectivity index (χ4n) is 3.08. The van der Waals surface area contributed by atoms with Gasteiger partial charge in [-0.1, -0.05) is 61.8 Å². The van der Waals surface area contributed by atoms with E-state index in [4.69, 9.17) is 10.7 Å². The van der Waals surface area contributed by atoms with Crippen LogP contribution in [0.15, 0.2) is 114 Å². The summed E-state index contributed by atoms with van der Waals surface area (Å²) in [5.41, 5.74) is 9.60. The highest BCUT2D eigenvalue weighted by Gasteiger charge is 2.30. The number of carbonyl (C=O) groups is 1. The smallest absolute Gasteiger partial charge is 0.248 e. The van der Waals surface area contributed by atoms with Gasteiger partial charge in [0, 0.05) is 23.9 Å².